The molecule has 0 saturated heterocycles. The first kappa shape index (κ1) is 26.4. The van der Waals surface area contributed by atoms with Crippen molar-refractivity contribution in [2.75, 3.05) is 6.16 Å². The van der Waals surface area contributed by atoms with E-state index in [2.05, 4.69) is 0 Å². The van der Waals surface area contributed by atoms with Gasteiger partial charge in [-0.25, -0.2) is 4.39 Å². The van der Waals surface area contributed by atoms with Gasteiger partial charge in [0.05, 0.1) is 11.9 Å². The van der Waals surface area contributed by atoms with Crippen LogP contribution < -0.4 is 10.4 Å². The zero-order valence-electron chi connectivity index (χ0n) is 20.5. The number of aliphatic carboxylic acids is 1. The van der Waals surface area contributed by atoms with Gasteiger partial charge in [-0.15, -0.1) is 0 Å². The van der Waals surface area contributed by atoms with Gasteiger partial charge in [-0.2, -0.15) is 0 Å². The van der Waals surface area contributed by atoms with Crippen molar-refractivity contribution in [1.29, 1.82) is 0 Å². The van der Waals surface area contributed by atoms with E-state index in [1.807, 2.05) is 56.3 Å². The van der Waals surface area contributed by atoms with Gasteiger partial charge >= 0.3 is 5.97 Å². The van der Waals surface area contributed by atoms with E-state index in [0.29, 0.717) is 0 Å². The molecule has 0 saturated carbocycles. The Morgan fingerprint density at radius 3 is 2.51 bits per heavy atom. The number of carboxylic acids is 1. The first-order valence-electron chi connectivity index (χ1n) is 11.9. The number of ketones is 1. The Morgan fingerprint density at radius 1 is 1.14 bits per heavy atom. The van der Waals surface area contributed by atoms with Gasteiger partial charge in [-0.3, -0.25) is 19.1 Å². The minimum Gasteiger partial charge on any atom is -0.481 e. The monoisotopic (exact) mass is 519 g/mol. The van der Waals surface area contributed by atoms with Crippen LogP contribution in [-0.2, 0) is 14.2 Å². The van der Waals surface area contributed by atoms with Crippen LogP contribution in [-0.4, -0.2) is 33.6 Å². The highest BCUT2D eigenvalue weighted by Crippen LogP contribution is 2.46. The fraction of sp³-hybridized carbons (Fsp3) is 0.207. The number of aliphatic imine (C=N–C) groups is 1. The SMILES string of the molecule is CC(C)C1=NC2=c3ccccc3=CC=CC2=C(c2ccc(F)cc2)C1C=CP(=O)(O)CC(=O)CC(=O)O. The molecule has 4 rings (SSSR count). The van der Waals surface area contributed by atoms with Crippen molar-refractivity contribution in [2.45, 2.75) is 20.3 Å². The van der Waals surface area contributed by atoms with Gasteiger partial charge in [0.2, 0.25) is 7.37 Å². The van der Waals surface area contributed by atoms with Crippen LogP contribution in [0.1, 0.15) is 25.8 Å². The standard InChI is InChI=1S/C29H27FNO5P/c1-18(2)28-25(14-15-37(35,36)17-22(32)16-26(33)34)27(20-10-12-21(30)13-11-20)24-9-5-7-19-6-3-4-8-23(19)29(24)31-28/h3-15,18,25H,16-17H2,1-2H3,(H,33,34)(H,35,36). The Morgan fingerprint density at radius 2 is 1.84 bits per heavy atom. The molecule has 0 aromatic heterocycles. The fourth-order valence-electron chi connectivity index (χ4n) is 4.58. The summed E-state index contributed by atoms with van der Waals surface area (Å²) in [6, 6.07) is 14.0. The number of dihydropyridines is 1. The van der Waals surface area contributed by atoms with E-state index in [1.165, 1.54) is 12.1 Å². The third-order valence-electron chi connectivity index (χ3n) is 6.18. The molecule has 2 unspecified atom stereocenters. The molecule has 1 aliphatic carbocycles. The van der Waals surface area contributed by atoms with E-state index in [1.54, 1.807) is 18.2 Å². The summed E-state index contributed by atoms with van der Waals surface area (Å²) in [5, 5.41) is 10.8. The average Bonchev–Trinajstić information content (AvgIpc) is 3.01. The number of nitrogens with zero attached hydrogens (tertiary/aromatic N) is 1. The van der Waals surface area contributed by atoms with E-state index < -0.39 is 37.6 Å². The number of hydrogen-bond donors (Lipinski definition) is 2. The van der Waals surface area contributed by atoms with Crippen molar-refractivity contribution in [3.63, 3.8) is 0 Å². The summed E-state index contributed by atoms with van der Waals surface area (Å²) in [6.45, 7) is 3.96. The van der Waals surface area contributed by atoms with Crippen LogP contribution in [0.2, 0.25) is 0 Å². The number of benzene rings is 2. The Bertz CT molecular complexity index is 1550. The average molecular weight is 520 g/mol. The molecule has 1 heterocycles. The molecule has 1 aliphatic heterocycles. The number of fused-ring (bicyclic) bond motifs is 2. The highest BCUT2D eigenvalue weighted by Gasteiger charge is 2.32. The lowest BCUT2D eigenvalue weighted by molar-refractivity contribution is -0.139. The number of allylic oxidation sites excluding steroid dienone is 3. The van der Waals surface area contributed by atoms with Crippen molar-refractivity contribution in [3.05, 3.63) is 100.0 Å². The Hall–Kier alpha value is -3.67. The molecule has 2 aromatic rings. The van der Waals surface area contributed by atoms with E-state index in [0.717, 1.165) is 44.4 Å². The highest BCUT2D eigenvalue weighted by atomic mass is 31.2. The van der Waals surface area contributed by atoms with Crippen molar-refractivity contribution >= 4 is 42.2 Å². The number of halogens is 1. The molecule has 0 fully saturated rings. The van der Waals surface area contributed by atoms with Gasteiger partial charge in [-0.05, 0) is 40.2 Å². The molecule has 0 amide bonds. The molecule has 2 aliphatic rings. The Balaban J connectivity index is 1.92. The Kier molecular flexibility index (Phi) is 7.67. The molecule has 0 radical (unpaired) electrons. The molecule has 6 nitrogen and oxygen atoms in total. The van der Waals surface area contributed by atoms with Crippen LogP contribution >= 0.6 is 7.37 Å². The molecular formula is C29H27FNO5P. The lowest BCUT2D eigenvalue weighted by atomic mass is 9.78. The van der Waals surface area contributed by atoms with Crippen molar-refractivity contribution < 1.29 is 28.5 Å². The second kappa shape index (κ2) is 10.8. The summed E-state index contributed by atoms with van der Waals surface area (Å²) in [7, 11) is -4.11. The molecule has 0 spiro atoms. The van der Waals surface area contributed by atoms with E-state index in [9.17, 15) is 23.4 Å². The topological polar surface area (TPSA) is 104 Å². The third kappa shape index (κ3) is 6.01. The minimum absolute atomic E-state index is 0.0470. The van der Waals surface area contributed by atoms with E-state index in [-0.39, 0.29) is 11.7 Å². The smallest absolute Gasteiger partial charge is 0.310 e. The lowest BCUT2D eigenvalue weighted by Crippen LogP contribution is -2.30. The summed E-state index contributed by atoms with van der Waals surface area (Å²) in [5.41, 5.74) is 3.84. The van der Waals surface area contributed by atoms with Crippen molar-refractivity contribution in [3.8, 4) is 0 Å². The maximum atomic E-state index is 13.8. The van der Waals surface area contributed by atoms with Gasteiger partial charge in [0.15, 0.2) is 5.78 Å². The summed E-state index contributed by atoms with van der Waals surface area (Å²) >= 11 is 0. The number of rotatable bonds is 8. The molecular weight excluding hydrogens is 492 g/mol. The quantitative estimate of drug-likeness (QED) is 0.400. The van der Waals surface area contributed by atoms with Crippen LogP contribution in [0, 0.1) is 17.7 Å². The van der Waals surface area contributed by atoms with Crippen LogP contribution in [0.5, 0.6) is 0 Å². The second-order valence-corrected chi connectivity index (χ2v) is 11.5. The molecule has 190 valence electrons. The number of carbonyl (C=O) groups excluding carboxylic acids is 1. The largest absolute Gasteiger partial charge is 0.481 e. The first-order chi connectivity index (χ1) is 17.6. The maximum absolute atomic E-state index is 13.8. The number of carbonyl (C=O) groups is 2. The van der Waals surface area contributed by atoms with Gasteiger partial charge in [0.25, 0.3) is 0 Å². The van der Waals surface area contributed by atoms with Gasteiger partial charge in [-0.1, -0.05) is 74.5 Å². The lowest BCUT2D eigenvalue weighted by Gasteiger charge is -2.30. The predicted molar refractivity (Wildman–Crippen MR) is 143 cm³/mol. The molecule has 2 aromatic carbocycles. The molecule has 2 atom stereocenters. The maximum Gasteiger partial charge on any atom is 0.310 e. The molecule has 2 N–H and O–H groups in total. The Labute approximate surface area is 214 Å². The number of carboxylic acid groups (broad SMARTS) is 1. The zero-order valence-corrected chi connectivity index (χ0v) is 21.4. The van der Waals surface area contributed by atoms with Gasteiger partial charge in [0.1, 0.15) is 12.2 Å². The van der Waals surface area contributed by atoms with E-state index >= 15 is 0 Å². The molecule has 37 heavy (non-hydrogen) atoms. The van der Waals surface area contributed by atoms with Crippen molar-refractivity contribution in [2.24, 2.45) is 16.8 Å². The zero-order chi connectivity index (χ0) is 26.7. The number of hydrogen-bond acceptors (Lipinski definition) is 4. The predicted octanol–water partition coefficient (Wildman–Crippen LogP) is 4.29. The summed E-state index contributed by atoms with van der Waals surface area (Å²) in [5.74, 6) is -2.03. The van der Waals surface area contributed by atoms with Crippen LogP contribution in [0.15, 0.2) is 83.1 Å². The first-order valence-corrected chi connectivity index (χ1v) is 13.8. The van der Waals surface area contributed by atoms with E-state index in [4.69, 9.17) is 10.1 Å². The van der Waals surface area contributed by atoms with Crippen molar-refractivity contribution in [1.82, 2.24) is 0 Å². The normalized spacial score (nSPS) is 18.6. The second-order valence-electron chi connectivity index (χ2n) is 9.33. The molecule has 8 heteroatoms. The highest BCUT2D eigenvalue weighted by molar-refractivity contribution is 7.62. The third-order valence-corrected chi connectivity index (χ3v) is 7.62. The molecule has 0 bridgehead atoms. The van der Waals surface area contributed by atoms with Gasteiger partial charge < -0.3 is 10.00 Å². The number of Topliss-reactive ketones (excluding diaryl/α,β-unsaturated/α-hetero) is 1. The minimum atomic E-state index is -4.11. The summed E-state index contributed by atoms with van der Waals surface area (Å²) in [6.07, 6.45) is 5.82. The summed E-state index contributed by atoms with van der Waals surface area (Å²) < 4.78 is 26.7. The summed E-state index contributed by atoms with van der Waals surface area (Å²) in [4.78, 5) is 38.3. The van der Waals surface area contributed by atoms with Crippen LogP contribution in [0.25, 0.3) is 17.3 Å². The van der Waals surface area contributed by atoms with Gasteiger partial charge in [0, 0.05) is 22.4 Å². The van der Waals surface area contributed by atoms with Crippen LogP contribution in [0.3, 0.4) is 0 Å². The fourth-order valence-corrected chi connectivity index (χ4v) is 5.74. The van der Waals surface area contributed by atoms with Crippen LogP contribution in [0.4, 0.5) is 4.39 Å².